The van der Waals surface area contributed by atoms with E-state index in [0.717, 1.165) is 3.63 Å². The van der Waals surface area contributed by atoms with Crippen LogP contribution < -0.4 is 24.8 Å². The molecule has 1 atom stereocenters. The van der Waals surface area contributed by atoms with Gasteiger partial charge in [0.1, 0.15) is 0 Å². The van der Waals surface area contributed by atoms with E-state index in [1.807, 2.05) is 0 Å². The minimum atomic E-state index is -0.420. The van der Waals surface area contributed by atoms with Crippen molar-refractivity contribution in [3.8, 4) is 11.1 Å². The fraction of sp³-hybridized carbons (Fsp3) is 0.500. The molecule has 1 aliphatic carbocycles. The number of allylic oxidation sites excluding steroid dienone is 1. The minimum absolute atomic E-state index is 0. The van der Waals surface area contributed by atoms with Crippen molar-refractivity contribution in [2.75, 3.05) is 0 Å². The summed E-state index contributed by atoms with van der Waals surface area (Å²) in [6.45, 7) is 23.8. The van der Waals surface area contributed by atoms with Crippen LogP contribution in [0.2, 0.25) is 13.1 Å². The molecule has 0 saturated carbocycles. The third-order valence-electron chi connectivity index (χ3n) is 6.17. The first kappa shape index (κ1) is 29.9. The number of benzene rings is 2. The van der Waals surface area contributed by atoms with Crippen molar-refractivity contribution in [1.29, 1.82) is 0 Å². The minimum Gasteiger partial charge on any atom is -1.00 e. The van der Waals surface area contributed by atoms with Gasteiger partial charge in [0.2, 0.25) is 0 Å². The van der Waals surface area contributed by atoms with E-state index >= 15 is 0 Å². The van der Waals surface area contributed by atoms with Gasteiger partial charge in [-0.05, 0) is 0 Å². The largest absolute Gasteiger partial charge is 1.00 e. The average Bonchev–Trinajstić information content (AvgIpc) is 2.98. The molecule has 32 heavy (non-hydrogen) atoms. The van der Waals surface area contributed by atoms with Crippen molar-refractivity contribution < 1.29 is 47.2 Å². The Morgan fingerprint density at radius 1 is 0.844 bits per heavy atom. The Bertz CT molecular complexity index is 930. The Morgan fingerprint density at radius 3 is 1.81 bits per heavy atom. The Kier molecular flexibility index (Phi) is 10.3. The zero-order valence-electron chi connectivity index (χ0n) is 21.5. The number of hydrogen-bond donors (Lipinski definition) is 0. The molecular formula is C28H39Cl2SiZr. The van der Waals surface area contributed by atoms with Crippen LogP contribution in [0.25, 0.3) is 17.2 Å². The van der Waals surface area contributed by atoms with Crippen LogP contribution in [0.15, 0.2) is 42.0 Å². The van der Waals surface area contributed by atoms with Crippen LogP contribution in [0.3, 0.4) is 0 Å². The number of hydrogen-bond acceptors (Lipinski definition) is 0. The van der Waals surface area contributed by atoms with Crippen LogP contribution in [0, 0.1) is 5.92 Å². The molecule has 4 heteroatoms. The van der Waals surface area contributed by atoms with Crippen molar-refractivity contribution in [2.45, 2.75) is 82.9 Å². The van der Waals surface area contributed by atoms with Crippen molar-refractivity contribution >= 4 is 12.0 Å². The van der Waals surface area contributed by atoms with Gasteiger partial charge in [0.05, 0.1) is 0 Å². The van der Waals surface area contributed by atoms with Crippen LogP contribution in [0.1, 0.15) is 81.3 Å². The maximum atomic E-state index is 2.58. The fourth-order valence-electron chi connectivity index (χ4n) is 4.28. The Hall–Kier alpha value is -0.140. The van der Waals surface area contributed by atoms with Gasteiger partial charge in [-0.25, -0.2) is 0 Å². The molecule has 0 bridgehead atoms. The summed E-state index contributed by atoms with van der Waals surface area (Å²) in [5.74, 6) is 0.518. The van der Waals surface area contributed by atoms with Gasteiger partial charge in [-0.15, -0.1) is 0 Å². The molecule has 1 radical (unpaired) electrons. The second kappa shape index (κ2) is 11.1. The monoisotopic (exact) mass is 563 g/mol. The number of rotatable bonds is 4. The van der Waals surface area contributed by atoms with Crippen LogP contribution in [0.5, 0.6) is 0 Å². The molecular weight excluding hydrogens is 527 g/mol. The molecule has 0 aliphatic heterocycles. The van der Waals surface area contributed by atoms with E-state index in [1.54, 1.807) is 11.1 Å². The second-order valence-corrected chi connectivity index (χ2v) is 24.7. The molecule has 2 aromatic rings. The molecule has 1 unspecified atom stereocenters. The van der Waals surface area contributed by atoms with Crippen molar-refractivity contribution in [3.63, 3.8) is 0 Å². The van der Waals surface area contributed by atoms with Crippen LogP contribution >= 0.6 is 0 Å². The predicted molar refractivity (Wildman–Crippen MR) is 132 cm³/mol. The first-order chi connectivity index (χ1) is 13.8. The predicted octanol–water partition coefficient (Wildman–Crippen LogP) is 2.38. The van der Waals surface area contributed by atoms with Gasteiger partial charge in [-0.2, -0.15) is 0 Å². The number of fused-ring (bicyclic) bond motifs is 1. The average molecular weight is 566 g/mol. The summed E-state index contributed by atoms with van der Waals surface area (Å²) in [7, 11) is 0. The molecule has 1 aliphatic rings. The van der Waals surface area contributed by atoms with Gasteiger partial charge < -0.3 is 24.8 Å². The van der Waals surface area contributed by atoms with E-state index in [2.05, 4.69) is 111 Å². The molecule has 3 rings (SSSR count). The normalized spacial score (nSPS) is 15.6. The third kappa shape index (κ3) is 6.50. The van der Waals surface area contributed by atoms with Gasteiger partial charge in [0.25, 0.3) is 0 Å². The van der Waals surface area contributed by atoms with E-state index in [-0.39, 0.29) is 41.6 Å². The van der Waals surface area contributed by atoms with E-state index in [1.165, 1.54) is 27.8 Å². The van der Waals surface area contributed by atoms with Crippen LogP contribution in [-0.2, 0) is 33.2 Å². The zero-order chi connectivity index (χ0) is 22.4. The number of halogens is 2. The summed E-state index contributed by atoms with van der Waals surface area (Å²) in [5, 5.41) is 0. The maximum absolute atomic E-state index is 2.58. The van der Waals surface area contributed by atoms with Gasteiger partial charge in [0.15, 0.2) is 0 Å². The van der Waals surface area contributed by atoms with E-state index in [0.29, 0.717) is 5.92 Å². The fourth-order valence-corrected chi connectivity index (χ4v) is 13.5. The zero-order valence-corrected chi connectivity index (χ0v) is 26.4. The molecule has 2 aromatic carbocycles. The molecule has 0 heterocycles. The maximum Gasteiger partial charge on any atom is -1.00 e. The Balaban J connectivity index is 0.00000256. The molecule has 0 fully saturated rings. The van der Waals surface area contributed by atoms with E-state index < -0.39 is 22.4 Å². The molecule has 0 nitrogen and oxygen atoms in total. The Morgan fingerprint density at radius 2 is 1.38 bits per heavy atom. The molecule has 0 amide bonds. The van der Waals surface area contributed by atoms with E-state index in [4.69, 9.17) is 0 Å². The summed E-state index contributed by atoms with van der Waals surface area (Å²) >= 11 is -0.420. The van der Waals surface area contributed by atoms with Gasteiger partial charge in [0, 0.05) is 0 Å². The van der Waals surface area contributed by atoms with Crippen LogP contribution in [0.4, 0.5) is 0 Å². The standard InChI is InChI=1S/C26H33.C2H6Si.2ClH.Zr/c1-17(2)19-12-18-10-9-11-23(24(18)15-19)20-13-21(25(3,4)5)16-22(14-20)26(6,7)8;1-3-2;;;/h9-17H,1-8H3;1-2H3;2*1H;/q;;;;+2/p-2. The summed E-state index contributed by atoms with van der Waals surface area (Å²) < 4.78 is 0.778. The van der Waals surface area contributed by atoms with Gasteiger partial charge >= 0.3 is 199 Å². The SMILES string of the molecule is CC(C)C1=Cc2c(-c3cc(C(C)(C)C)cc(C(C)(C)C)c3)cccc2[CH]1[Zr+2][Si](C)C.[Cl-].[Cl-]. The summed E-state index contributed by atoms with van der Waals surface area (Å²) in [6.07, 6.45) is 2.58. The first-order valence-electron chi connectivity index (χ1n) is 11.4. The smallest absolute Gasteiger partial charge is 1.00 e. The first-order valence-corrected chi connectivity index (χ1v) is 19.0. The molecule has 0 N–H and O–H groups in total. The van der Waals surface area contributed by atoms with Crippen molar-refractivity contribution in [1.82, 2.24) is 0 Å². The van der Waals surface area contributed by atoms with Crippen molar-refractivity contribution in [2.24, 2.45) is 5.92 Å². The van der Waals surface area contributed by atoms with Crippen LogP contribution in [-0.4, -0.2) is 5.92 Å². The van der Waals surface area contributed by atoms with Gasteiger partial charge in [-0.1, -0.05) is 0 Å². The summed E-state index contributed by atoms with van der Waals surface area (Å²) in [4.78, 5) is 0. The van der Waals surface area contributed by atoms with E-state index in [9.17, 15) is 0 Å². The van der Waals surface area contributed by atoms with Crippen molar-refractivity contribution in [3.05, 3.63) is 64.2 Å². The second-order valence-electron chi connectivity index (χ2n) is 11.5. The summed E-state index contributed by atoms with van der Waals surface area (Å²) in [5.41, 5.74) is 10.9. The molecule has 173 valence electrons. The topological polar surface area (TPSA) is 0 Å². The third-order valence-corrected chi connectivity index (χ3v) is 15.0. The molecule has 0 aromatic heterocycles. The molecule has 0 saturated heterocycles. The van der Waals surface area contributed by atoms with Gasteiger partial charge in [-0.3, -0.25) is 0 Å². The summed E-state index contributed by atoms with van der Waals surface area (Å²) in [6, 6.07) is 14.4. The molecule has 0 spiro atoms. The quantitative estimate of drug-likeness (QED) is 0.500. The Labute approximate surface area is 222 Å².